The number of amides is 1. The van der Waals surface area contributed by atoms with E-state index in [1.807, 2.05) is 19.1 Å². The van der Waals surface area contributed by atoms with Gasteiger partial charge in [-0.25, -0.2) is 0 Å². The summed E-state index contributed by atoms with van der Waals surface area (Å²) in [6, 6.07) is 7.37. The number of hydrogen-bond acceptors (Lipinski definition) is 3. The fraction of sp³-hybridized carbons (Fsp3) is 0.333. The number of ether oxygens (including phenoxy) is 1. The van der Waals surface area contributed by atoms with Gasteiger partial charge in [-0.2, -0.15) is 5.26 Å². The van der Waals surface area contributed by atoms with Crippen molar-refractivity contribution in [2.24, 2.45) is 0 Å². The van der Waals surface area contributed by atoms with Crippen LogP contribution in [-0.2, 0) is 0 Å². The standard InChI is InChI=1S/C12H14N2O2/c1-9-4-5-11(16-2)10(8-9)12(15)14-7-3-6-13/h4-5,8H,3,7H2,1-2H3,(H,14,15). The summed E-state index contributed by atoms with van der Waals surface area (Å²) in [6.07, 6.45) is 0.305. The van der Waals surface area contributed by atoms with Crippen molar-refractivity contribution in [2.75, 3.05) is 13.7 Å². The Labute approximate surface area is 94.8 Å². The molecule has 0 saturated carbocycles. The minimum absolute atomic E-state index is 0.212. The quantitative estimate of drug-likeness (QED) is 0.781. The number of aryl methyl sites for hydroxylation is 1. The highest BCUT2D eigenvalue weighted by Crippen LogP contribution is 2.19. The van der Waals surface area contributed by atoms with E-state index in [9.17, 15) is 4.79 Å². The van der Waals surface area contributed by atoms with Crippen molar-refractivity contribution in [3.05, 3.63) is 29.3 Å². The first-order valence-corrected chi connectivity index (χ1v) is 4.99. The minimum atomic E-state index is -0.212. The van der Waals surface area contributed by atoms with Crippen molar-refractivity contribution < 1.29 is 9.53 Å². The van der Waals surface area contributed by atoms with Crippen molar-refractivity contribution in [3.8, 4) is 11.8 Å². The summed E-state index contributed by atoms with van der Waals surface area (Å²) >= 11 is 0. The molecule has 0 radical (unpaired) electrons. The van der Waals surface area contributed by atoms with Gasteiger partial charge < -0.3 is 10.1 Å². The summed E-state index contributed by atoms with van der Waals surface area (Å²) in [5.74, 6) is 0.329. The summed E-state index contributed by atoms with van der Waals surface area (Å²) in [5.41, 5.74) is 1.49. The third-order valence-corrected chi connectivity index (χ3v) is 2.12. The molecule has 1 amide bonds. The summed E-state index contributed by atoms with van der Waals surface area (Å²) < 4.78 is 5.10. The van der Waals surface area contributed by atoms with Gasteiger partial charge in [-0.15, -0.1) is 0 Å². The van der Waals surface area contributed by atoms with Gasteiger partial charge in [-0.05, 0) is 19.1 Å². The van der Waals surface area contributed by atoms with Gasteiger partial charge in [-0.3, -0.25) is 4.79 Å². The lowest BCUT2D eigenvalue weighted by Crippen LogP contribution is -2.24. The van der Waals surface area contributed by atoms with Crippen LogP contribution in [0.25, 0.3) is 0 Å². The molecule has 4 nitrogen and oxygen atoms in total. The number of benzene rings is 1. The smallest absolute Gasteiger partial charge is 0.255 e. The summed E-state index contributed by atoms with van der Waals surface area (Å²) in [5, 5.41) is 11.0. The molecule has 1 aromatic rings. The van der Waals surface area contributed by atoms with Gasteiger partial charge >= 0.3 is 0 Å². The van der Waals surface area contributed by atoms with E-state index in [0.717, 1.165) is 5.56 Å². The van der Waals surface area contributed by atoms with E-state index in [2.05, 4.69) is 5.32 Å². The van der Waals surface area contributed by atoms with Crippen molar-refractivity contribution in [1.82, 2.24) is 5.32 Å². The van der Waals surface area contributed by atoms with Crippen molar-refractivity contribution in [2.45, 2.75) is 13.3 Å². The van der Waals surface area contributed by atoms with E-state index in [4.69, 9.17) is 10.00 Å². The molecule has 0 spiro atoms. The van der Waals surface area contributed by atoms with Crippen LogP contribution >= 0.6 is 0 Å². The third kappa shape index (κ3) is 2.99. The molecule has 0 aliphatic carbocycles. The first-order valence-electron chi connectivity index (χ1n) is 4.99. The lowest BCUT2D eigenvalue weighted by Gasteiger charge is -2.09. The van der Waals surface area contributed by atoms with Crippen LogP contribution in [0.15, 0.2) is 18.2 Å². The first kappa shape index (κ1) is 12.1. The van der Waals surface area contributed by atoms with E-state index < -0.39 is 0 Å². The zero-order valence-corrected chi connectivity index (χ0v) is 9.41. The van der Waals surface area contributed by atoms with Crippen molar-refractivity contribution in [1.29, 1.82) is 5.26 Å². The van der Waals surface area contributed by atoms with E-state index in [0.29, 0.717) is 24.3 Å². The maximum atomic E-state index is 11.8. The average Bonchev–Trinajstić information content (AvgIpc) is 2.29. The lowest BCUT2D eigenvalue weighted by molar-refractivity contribution is 0.0951. The molecule has 0 saturated heterocycles. The zero-order valence-electron chi connectivity index (χ0n) is 9.41. The van der Waals surface area contributed by atoms with Crippen LogP contribution in [0.4, 0.5) is 0 Å². The molecule has 16 heavy (non-hydrogen) atoms. The Morgan fingerprint density at radius 2 is 2.31 bits per heavy atom. The third-order valence-electron chi connectivity index (χ3n) is 2.12. The molecule has 84 valence electrons. The van der Waals surface area contributed by atoms with Gasteiger partial charge in [0.1, 0.15) is 5.75 Å². The minimum Gasteiger partial charge on any atom is -0.496 e. The highest BCUT2D eigenvalue weighted by atomic mass is 16.5. The van der Waals surface area contributed by atoms with Crippen molar-refractivity contribution in [3.63, 3.8) is 0 Å². The number of nitrogens with one attached hydrogen (secondary N) is 1. The van der Waals surface area contributed by atoms with Crippen LogP contribution in [0.3, 0.4) is 0 Å². The summed E-state index contributed by atoms with van der Waals surface area (Å²) in [6.45, 7) is 2.26. The molecule has 0 aliphatic heterocycles. The fourth-order valence-electron chi connectivity index (χ4n) is 1.33. The van der Waals surface area contributed by atoms with Crippen LogP contribution in [0.1, 0.15) is 22.3 Å². The average molecular weight is 218 g/mol. The topological polar surface area (TPSA) is 62.1 Å². The highest BCUT2D eigenvalue weighted by molar-refractivity contribution is 5.97. The first-order chi connectivity index (χ1) is 7.69. The second kappa shape index (κ2) is 5.76. The van der Waals surface area contributed by atoms with Gasteiger partial charge in [0.05, 0.1) is 25.2 Å². The number of carbonyl (C=O) groups excluding carboxylic acids is 1. The predicted octanol–water partition coefficient (Wildman–Crippen LogP) is 1.65. The molecule has 0 aliphatic rings. The lowest BCUT2D eigenvalue weighted by atomic mass is 10.1. The fourth-order valence-corrected chi connectivity index (χ4v) is 1.33. The van der Waals surface area contributed by atoms with E-state index >= 15 is 0 Å². The highest BCUT2D eigenvalue weighted by Gasteiger charge is 2.11. The van der Waals surface area contributed by atoms with E-state index in [-0.39, 0.29) is 5.91 Å². The van der Waals surface area contributed by atoms with Crippen LogP contribution in [0.5, 0.6) is 5.75 Å². The molecule has 0 bridgehead atoms. The Kier molecular flexibility index (Phi) is 4.34. The maximum absolute atomic E-state index is 11.8. The number of nitrogens with zero attached hydrogens (tertiary/aromatic N) is 1. The number of carbonyl (C=O) groups is 1. The number of nitriles is 1. The van der Waals surface area contributed by atoms with Crippen LogP contribution in [0, 0.1) is 18.3 Å². The SMILES string of the molecule is COc1ccc(C)cc1C(=O)NCCC#N. The van der Waals surface area contributed by atoms with Crippen molar-refractivity contribution >= 4 is 5.91 Å². The molecule has 1 N–H and O–H groups in total. The molecular formula is C12H14N2O2. The number of hydrogen-bond donors (Lipinski definition) is 1. The molecule has 0 atom stereocenters. The second-order valence-electron chi connectivity index (χ2n) is 3.37. The van der Waals surface area contributed by atoms with Gasteiger partial charge in [0, 0.05) is 6.54 Å². The molecule has 1 rings (SSSR count). The maximum Gasteiger partial charge on any atom is 0.255 e. The van der Waals surface area contributed by atoms with E-state index in [1.54, 1.807) is 12.1 Å². The van der Waals surface area contributed by atoms with Crippen LogP contribution in [0.2, 0.25) is 0 Å². The summed E-state index contributed by atoms with van der Waals surface area (Å²) in [4.78, 5) is 11.8. The van der Waals surface area contributed by atoms with Gasteiger partial charge in [0.15, 0.2) is 0 Å². The molecule has 0 fully saturated rings. The Morgan fingerprint density at radius 1 is 1.56 bits per heavy atom. The molecule has 0 heterocycles. The van der Waals surface area contributed by atoms with Gasteiger partial charge in [0.25, 0.3) is 5.91 Å². The Bertz CT molecular complexity index is 422. The second-order valence-corrected chi connectivity index (χ2v) is 3.37. The number of methoxy groups -OCH3 is 1. The molecule has 0 unspecified atom stereocenters. The molecule has 4 heteroatoms. The monoisotopic (exact) mass is 218 g/mol. The predicted molar refractivity (Wildman–Crippen MR) is 60.3 cm³/mol. The van der Waals surface area contributed by atoms with Crippen LogP contribution in [-0.4, -0.2) is 19.6 Å². The van der Waals surface area contributed by atoms with Gasteiger partial charge in [-0.1, -0.05) is 11.6 Å². The zero-order chi connectivity index (χ0) is 12.0. The normalized spacial score (nSPS) is 9.31. The largest absolute Gasteiger partial charge is 0.496 e. The Hall–Kier alpha value is -2.02. The Balaban J connectivity index is 2.81. The molecular weight excluding hydrogens is 204 g/mol. The Morgan fingerprint density at radius 3 is 2.94 bits per heavy atom. The van der Waals surface area contributed by atoms with Gasteiger partial charge in [0.2, 0.25) is 0 Å². The van der Waals surface area contributed by atoms with Crippen LogP contribution < -0.4 is 10.1 Å². The number of rotatable bonds is 4. The summed E-state index contributed by atoms with van der Waals surface area (Å²) in [7, 11) is 1.52. The molecule has 0 aromatic heterocycles. The van der Waals surface area contributed by atoms with E-state index in [1.165, 1.54) is 7.11 Å². The molecule has 1 aromatic carbocycles.